The molecule has 2 fully saturated rings. The first-order valence-corrected chi connectivity index (χ1v) is 11.9. The predicted molar refractivity (Wildman–Crippen MR) is 128 cm³/mol. The second-order valence-corrected chi connectivity index (χ2v) is 9.43. The van der Waals surface area contributed by atoms with Crippen molar-refractivity contribution < 1.29 is 14.4 Å². The van der Waals surface area contributed by atoms with Gasteiger partial charge in [-0.2, -0.15) is 0 Å². The number of amides is 3. The average molecular weight is 448 g/mol. The van der Waals surface area contributed by atoms with Crippen LogP contribution in [0.1, 0.15) is 52.7 Å². The molecule has 4 rings (SSSR count). The Morgan fingerprint density at radius 2 is 1.64 bits per heavy atom. The van der Waals surface area contributed by atoms with Crippen molar-refractivity contribution >= 4 is 17.7 Å². The summed E-state index contributed by atoms with van der Waals surface area (Å²) in [5, 5.41) is 3.03. The molecule has 2 heterocycles. The second-order valence-electron chi connectivity index (χ2n) is 9.43. The van der Waals surface area contributed by atoms with E-state index >= 15 is 0 Å². The summed E-state index contributed by atoms with van der Waals surface area (Å²) in [6.07, 6.45) is 2.89. The van der Waals surface area contributed by atoms with E-state index in [0.717, 1.165) is 24.0 Å². The second kappa shape index (κ2) is 10.2. The summed E-state index contributed by atoms with van der Waals surface area (Å²) < 4.78 is 0. The van der Waals surface area contributed by atoms with Crippen LogP contribution in [0.3, 0.4) is 0 Å². The maximum atomic E-state index is 13.4. The molecule has 2 aliphatic heterocycles. The Kier molecular flexibility index (Phi) is 7.11. The Morgan fingerprint density at radius 1 is 0.970 bits per heavy atom. The van der Waals surface area contributed by atoms with Crippen molar-refractivity contribution in [2.45, 2.75) is 52.1 Å². The molecular weight excluding hydrogens is 414 g/mol. The third-order valence-corrected chi connectivity index (χ3v) is 6.78. The number of likely N-dealkylation sites (tertiary alicyclic amines) is 2. The molecule has 6 heteroatoms. The van der Waals surface area contributed by atoms with Gasteiger partial charge in [-0.25, -0.2) is 0 Å². The number of hydrogen-bond acceptors (Lipinski definition) is 3. The van der Waals surface area contributed by atoms with Gasteiger partial charge in [-0.05, 0) is 56.7 Å². The van der Waals surface area contributed by atoms with Crippen LogP contribution < -0.4 is 5.32 Å². The first kappa shape index (κ1) is 23.0. The first-order valence-electron chi connectivity index (χ1n) is 11.9. The zero-order chi connectivity index (χ0) is 23.4. The Morgan fingerprint density at radius 3 is 2.33 bits per heavy atom. The Hall–Kier alpha value is -3.15. The number of hydrogen-bond donors (Lipinski definition) is 1. The number of carbonyl (C=O) groups excluding carboxylic acids is 3. The Bertz CT molecular complexity index is 1000. The van der Waals surface area contributed by atoms with E-state index in [4.69, 9.17) is 0 Å². The summed E-state index contributed by atoms with van der Waals surface area (Å²) in [5.41, 5.74) is 3.99. The maximum absolute atomic E-state index is 13.4. The standard InChI is InChI=1S/C27H33N3O3/c1-19-5-9-21(10-6-19)18-30-24(13-14-25(30)31)27(33)29-15-3-4-22(17-29)16-28-26(32)23-11-7-20(2)8-12-23/h5-12,22,24H,3-4,13-18H2,1-2H3,(H,28,32)/t22-,24-/m0/s1. The average Bonchev–Trinajstić information content (AvgIpc) is 3.19. The topological polar surface area (TPSA) is 69.7 Å². The number of aryl methyl sites for hydroxylation is 2. The van der Waals surface area contributed by atoms with Crippen LogP contribution in [0, 0.1) is 19.8 Å². The van der Waals surface area contributed by atoms with E-state index < -0.39 is 0 Å². The fourth-order valence-electron chi connectivity index (χ4n) is 4.77. The molecule has 0 unspecified atom stereocenters. The molecule has 0 spiro atoms. The van der Waals surface area contributed by atoms with E-state index in [9.17, 15) is 14.4 Å². The van der Waals surface area contributed by atoms with Gasteiger partial charge in [0.25, 0.3) is 5.91 Å². The number of nitrogens with zero attached hydrogens (tertiary/aromatic N) is 2. The molecule has 1 N–H and O–H groups in total. The Balaban J connectivity index is 1.34. The van der Waals surface area contributed by atoms with E-state index in [2.05, 4.69) is 5.32 Å². The SMILES string of the molecule is Cc1ccc(CN2C(=O)CC[C@H]2C(=O)N2CCC[C@@H](CNC(=O)c3ccc(C)cc3)C2)cc1. The van der Waals surface area contributed by atoms with Crippen LogP contribution in [0.25, 0.3) is 0 Å². The lowest BCUT2D eigenvalue weighted by atomic mass is 9.97. The minimum absolute atomic E-state index is 0.0440. The number of rotatable bonds is 6. The van der Waals surface area contributed by atoms with Crippen molar-refractivity contribution in [3.8, 4) is 0 Å². The van der Waals surface area contributed by atoms with Gasteiger partial charge in [0.15, 0.2) is 0 Å². The summed E-state index contributed by atoms with van der Waals surface area (Å²) in [6.45, 7) is 6.38. The predicted octanol–water partition coefficient (Wildman–Crippen LogP) is 3.46. The fraction of sp³-hybridized carbons (Fsp3) is 0.444. The molecule has 0 radical (unpaired) electrons. The van der Waals surface area contributed by atoms with Gasteiger partial charge in [0.05, 0.1) is 0 Å². The van der Waals surface area contributed by atoms with Crippen molar-refractivity contribution in [1.82, 2.24) is 15.1 Å². The normalized spacial score (nSPS) is 20.7. The maximum Gasteiger partial charge on any atom is 0.251 e. The molecule has 2 atom stereocenters. The molecule has 0 bridgehead atoms. The van der Waals surface area contributed by atoms with Crippen LogP contribution in [-0.2, 0) is 16.1 Å². The molecule has 174 valence electrons. The quantitative estimate of drug-likeness (QED) is 0.737. The molecule has 2 aromatic carbocycles. The lowest BCUT2D eigenvalue weighted by molar-refractivity contribution is -0.143. The van der Waals surface area contributed by atoms with Crippen molar-refractivity contribution in [3.63, 3.8) is 0 Å². The van der Waals surface area contributed by atoms with Gasteiger partial charge < -0.3 is 15.1 Å². The third kappa shape index (κ3) is 5.62. The largest absolute Gasteiger partial charge is 0.352 e. The van der Waals surface area contributed by atoms with E-state index in [1.54, 1.807) is 4.90 Å². The van der Waals surface area contributed by atoms with Gasteiger partial charge >= 0.3 is 0 Å². The molecule has 0 saturated carbocycles. The summed E-state index contributed by atoms with van der Waals surface area (Å²) in [4.78, 5) is 42.0. The lowest BCUT2D eigenvalue weighted by Gasteiger charge is -2.36. The molecule has 2 saturated heterocycles. The van der Waals surface area contributed by atoms with E-state index in [-0.39, 0.29) is 29.7 Å². The van der Waals surface area contributed by atoms with Gasteiger partial charge in [0.2, 0.25) is 11.8 Å². The van der Waals surface area contributed by atoms with Crippen LogP contribution in [0.5, 0.6) is 0 Å². The minimum atomic E-state index is -0.389. The highest BCUT2D eigenvalue weighted by Crippen LogP contribution is 2.26. The van der Waals surface area contributed by atoms with Gasteiger partial charge in [-0.3, -0.25) is 14.4 Å². The smallest absolute Gasteiger partial charge is 0.251 e. The molecular formula is C27H33N3O3. The lowest BCUT2D eigenvalue weighted by Crippen LogP contribution is -2.50. The number of piperidine rings is 1. The zero-order valence-electron chi connectivity index (χ0n) is 19.5. The highest BCUT2D eigenvalue weighted by molar-refractivity contribution is 5.94. The molecule has 2 aliphatic rings. The van der Waals surface area contributed by atoms with E-state index in [0.29, 0.717) is 44.6 Å². The van der Waals surface area contributed by atoms with Crippen molar-refractivity contribution in [2.75, 3.05) is 19.6 Å². The van der Waals surface area contributed by atoms with Gasteiger partial charge in [0.1, 0.15) is 6.04 Å². The van der Waals surface area contributed by atoms with Crippen molar-refractivity contribution in [2.24, 2.45) is 5.92 Å². The summed E-state index contributed by atoms with van der Waals surface area (Å²) in [7, 11) is 0. The molecule has 2 aromatic rings. The highest BCUT2D eigenvalue weighted by atomic mass is 16.2. The zero-order valence-corrected chi connectivity index (χ0v) is 19.5. The fourth-order valence-corrected chi connectivity index (χ4v) is 4.77. The number of nitrogens with one attached hydrogen (secondary N) is 1. The van der Waals surface area contributed by atoms with Crippen LogP contribution in [0.4, 0.5) is 0 Å². The van der Waals surface area contributed by atoms with Gasteiger partial charge in [-0.1, -0.05) is 47.5 Å². The first-order chi connectivity index (χ1) is 15.9. The number of benzene rings is 2. The molecule has 0 aliphatic carbocycles. The van der Waals surface area contributed by atoms with Gasteiger partial charge in [0, 0.05) is 38.2 Å². The van der Waals surface area contributed by atoms with Gasteiger partial charge in [-0.15, -0.1) is 0 Å². The van der Waals surface area contributed by atoms with Crippen LogP contribution in [-0.4, -0.2) is 53.2 Å². The van der Waals surface area contributed by atoms with Crippen molar-refractivity contribution in [1.29, 1.82) is 0 Å². The molecule has 33 heavy (non-hydrogen) atoms. The third-order valence-electron chi connectivity index (χ3n) is 6.78. The Labute approximate surface area is 196 Å². The molecule has 0 aromatic heterocycles. The summed E-state index contributed by atoms with van der Waals surface area (Å²) >= 11 is 0. The summed E-state index contributed by atoms with van der Waals surface area (Å²) in [6, 6.07) is 15.3. The van der Waals surface area contributed by atoms with Crippen LogP contribution in [0.2, 0.25) is 0 Å². The van der Waals surface area contributed by atoms with E-state index in [1.807, 2.05) is 67.3 Å². The van der Waals surface area contributed by atoms with Crippen LogP contribution >= 0.6 is 0 Å². The van der Waals surface area contributed by atoms with Crippen LogP contribution in [0.15, 0.2) is 48.5 Å². The highest BCUT2D eigenvalue weighted by Gasteiger charge is 2.39. The molecule has 6 nitrogen and oxygen atoms in total. The minimum Gasteiger partial charge on any atom is -0.352 e. The van der Waals surface area contributed by atoms with Crippen molar-refractivity contribution in [3.05, 3.63) is 70.8 Å². The van der Waals surface area contributed by atoms with E-state index in [1.165, 1.54) is 5.56 Å². The molecule has 3 amide bonds. The monoisotopic (exact) mass is 447 g/mol. The summed E-state index contributed by atoms with van der Waals surface area (Å²) in [5.74, 6) is 0.235. The number of carbonyl (C=O) groups is 3.